The number of hydrogen-bond donors (Lipinski definition) is 1. The van der Waals surface area contributed by atoms with E-state index in [2.05, 4.69) is 9.97 Å². The molecule has 0 aliphatic carbocycles. The molecule has 32 heavy (non-hydrogen) atoms. The van der Waals surface area contributed by atoms with Gasteiger partial charge in [0, 0.05) is 24.3 Å². The Bertz CT molecular complexity index is 1100. The Morgan fingerprint density at radius 3 is 2.69 bits per heavy atom. The number of anilines is 1. The Morgan fingerprint density at radius 2 is 2.00 bits per heavy atom. The first kappa shape index (κ1) is 22.1. The Kier molecular flexibility index (Phi) is 5.81. The number of para-hydroxylation sites is 2. The number of carbonyl (C=O) groups excluding carboxylic acids is 1. The van der Waals surface area contributed by atoms with Gasteiger partial charge in [-0.3, -0.25) is 9.69 Å². The first-order valence-corrected chi connectivity index (χ1v) is 10.1. The smallest absolute Gasteiger partial charge is 0.471 e. The molecule has 1 aliphatic heterocycles. The number of imidazole rings is 1. The summed E-state index contributed by atoms with van der Waals surface area (Å²) in [5.74, 6) is -2.33. The van der Waals surface area contributed by atoms with Crippen LogP contribution in [0.25, 0.3) is 11.0 Å². The lowest BCUT2D eigenvalue weighted by molar-refractivity contribution is -0.171. The second kappa shape index (κ2) is 8.42. The van der Waals surface area contributed by atoms with Crippen LogP contribution in [0, 0.1) is 5.82 Å². The minimum Gasteiger partial charge on any atom is -0.494 e. The van der Waals surface area contributed by atoms with Crippen LogP contribution in [0.15, 0.2) is 42.5 Å². The van der Waals surface area contributed by atoms with Gasteiger partial charge in [0.15, 0.2) is 11.6 Å². The number of ether oxygens (including phenoxy) is 1. The van der Waals surface area contributed by atoms with Crippen LogP contribution < -0.4 is 9.64 Å². The third-order valence-electron chi connectivity index (χ3n) is 5.81. The largest absolute Gasteiger partial charge is 0.494 e. The standard InChI is InChI=1S/C22H22F4N4O2/c1-29-10-9-14(11-18(29)20-27-16-5-3-4-6-17(16)28-20)30(21(31)22(24,25)26)13-7-8-15(23)19(12-13)32-2/h3-8,12,14,18H,9-11H2,1-2H3,(H,27,28)/t14-,18-/m1/s1. The highest BCUT2D eigenvalue weighted by atomic mass is 19.4. The fraction of sp³-hybridized carbons (Fsp3) is 0.364. The summed E-state index contributed by atoms with van der Waals surface area (Å²) in [6.45, 7) is 0.451. The topological polar surface area (TPSA) is 61.5 Å². The van der Waals surface area contributed by atoms with E-state index in [1.165, 1.54) is 7.11 Å². The van der Waals surface area contributed by atoms with Crippen molar-refractivity contribution in [2.45, 2.75) is 31.1 Å². The molecule has 0 spiro atoms. The number of methoxy groups -OCH3 is 1. The predicted molar refractivity (Wildman–Crippen MR) is 111 cm³/mol. The summed E-state index contributed by atoms with van der Waals surface area (Å²) in [5.41, 5.74) is 1.51. The van der Waals surface area contributed by atoms with E-state index in [0.29, 0.717) is 23.7 Å². The number of benzene rings is 2. The van der Waals surface area contributed by atoms with Gasteiger partial charge in [-0.15, -0.1) is 0 Å². The van der Waals surface area contributed by atoms with Crippen molar-refractivity contribution in [3.05, 3.63) is 54.1 Å². The van der Waals surface area contributed by atoms with E-state index < -0.39 is 23.9 Å². The summed E-state index contributed by atoms with van der Waals surface area (Å²) in [5, 5.41) is 0. The number of carbonyl (C=O) groups is 1. The molecule has 1 saturated heterocycles. The first-order chi connectivity index (χ1) is 15.2. The average Bonchev–Trinajstić information content (AvgIpc) is 3.19. The summed E-state index contributed by atoms with van der Waals surface area (Å²) in [7, 11) is 3.08. The van der Waals surface area contributed by atoms with Crippen LogP contribution >= 0.6 is 0 Å². The van der Waals surface area contributed by atoms with Gasteiger partial charge >= 0.3 is 12.1 Å². The number of rotatable bonds is 4. The van der Waals surface area contributed by atoms with Gasteiger partial charge in [-0.05, 0) is 44.2 Å². The number of halogens is 4. The maximum atomic E-state index is 13.9. The molecule has 1 fully saturated rings. The number of aromatic nitrogens is 2. The van der Waals surface area contributed by atoms with E-state index in [-0.39, 0.29) is 23.9 Å². The molecule has 2 heterocycles. The number of likely N-dealkylation sites (tertiary alicyclic amines) is 1. The summed E-state index contributed by atoms with van der Waals surface area (Å²) in [4.78, 5) is 23.0. The number of nitrogens with zero attached hydrogens (tertiary/aromatic N) is 3. The monoisotopic (exact) mass is 450 g/mol. The zero-order valence-corrected chi connectivity index (χ0v) is 17.5. The second-order valence-electron chi connectivity index (χ2n) is 7.81. The third kappa shape index (κ3) is 4.14. The van der Waals surface area contributed by atoms with Crippen molar-refractivity contribution in [3.8, 4) is 5.75 Å². The molecule has 0 unspecified atom stereocenters. The van der Waals surface area contributed by atoms with Crippen molar-refractivity contribution >= 4 is 22.6 Å². The van der Waals surface area contributed by atoms with Gasteiger partial charge in [-0.2, -0.15) is 13.2 Å². The fourth-order valence-corrected chi connectivity index (χ4v) is 4.18. The highest BCUT2D eigenvalue weighted by Crippen LogP contribution is 2.37. The van der Waals surface area contributed by atoms with Crippen LogP contribution in [-0.4, -0.2) is 53.7 Å². The molecule has 0 bridgehead atoms. The number of H-pyrrole nitrogens is 1. The van der Waals surface area contributed by atoms with Crippen LogP contribution in [-0.2, 0) is 4.79 Å². The number of fused-ring (bicyclic) bond motifs is 1. The van der Waals surface area contributed by atoms with Gasteiger partial charge in [-0.1, -0.05) is 12.1 Å². The molecular weight excluding hydrogens is 428 g/mol. The lowest BCUT2D eigenvalue weighted by Crippen LogP contribution is -2.52. The number of hydrogen-bond acceptors (Lipinski definition) is 4. The van der Waals surface area contributed by atoms with Crippen molar-refractivity contribution in [1.29, 1.82) is 0 Å². The molecule has 4 rings (SSSR count). The molecule has 1 aromatic heterocycles. The van der Waals surface area contributed by atoms with E-state index in [4.69, 9.17) is 4.74 Å². The van der Waals surface area contributed by atoms with Gasteiger partial charge in [0.2, 0.25) is 0 Å². The molecule has 0 radical (unpaired) electrons. The van der Waals surface area contributed by atoms with Gasteiger partial charge < -0.3 is 14.6 Å². The normalized spacial score (nSPS) is 19.8. The van der Waals surface area contributed by atoms with Gasteiger partial charge in [0.25, 0.3) is 0 Å². The summed E-state index contributed by atoms with van der Waals surface area (Å²) in [6, 6.07) is 9.62. The van der Waals surface area contributed by atoms with E-state index in [1.54, 1.807) is 0 Å². The Balaban J connectivity index is 1.71. The molecule has 170 valence electrons. The number of piperidine rings is 1. The minimum atomic E-state index is -5.08. The fourth-order valence-electron chi connectivity index (χ4n) is 4.18. The Morgan fingerprint density at radius 1 is 1.25 bits per heavy atom. The molecule has 3 aromatic rings. The quantitative estimate of drug-likeness (QED) is 0.597. The molecule has 6 nitrogen and oxygen atoms in total. The first-order valence-electron chi connectivity index (χ1n) is 10.1. The van der Waals surface area contributed by atoms with Crippen molar-refractivity contribution in [2.24, 2.45) is 0 Å². The number of aromatic amines is 1. The number of alkyl halides is 3. The molecule has 2 aromatic carbocycles. The summed E-state index contributed by atoms with van der Waals surface area (Å²) in [6.07, 6.45) is -4.55. The van der Waals surface area contributed by atoms with Crippen LogP contribution in [0.4, 0.5) is 23.2 Å². The van der Waals surface area contributed by atoms with Crippen molar-refractivity contribution in [2.75, 3.05) is 25.6 Å². The molecule has 0 saturated carbocycles. The Labute approximate surface area is 181 Å². The van der Waals surface area contributed by atoms with E-state index in [0.717, 1.165) is 29.2 Å². The maximum absolute atomic E-state index is 13.9. The zero-order valence-electron chi connectivity index (χ0n) is 17.5. The van der Waals surface area contributed by atoms with Crippen LogP contribution in [0.1, 0.15) is 24.7 Å². The molecule has 1 N–H and O–H groups in total. The maximum Gasteiger partial charge on any atom is 0.471 e. The summed E-state index contributed by atoms with van der Waals surface area (Å²) < 4.78 is 59.3. The number of nitrogens with one attached hydrogen (secondary N) is 1. The third-order valence-corrected chi connectivity index (χ3v) is 5.81. The van der Waals surface area contributed by atoms with Gasteiger partial charge in [-0.25, -0.2) is 9.37 Å². The minimum absolute atomic E-state index is 0.0662. The van der Waals surface area contributed by atoms with Crippen molar-refractivity contribution in [3.63, 3.8) is 0 Å². The van der Waals surface area contributed by atoms with E-state index in [9.17, 15) is 22.4 Å². The average molecular weight is 450 g/mol. The highest BCUT2D eigenvalue weighted by molar-refractivity contribution is 5.98. The highest BCUT2D eigenvalue weighted by Gasteiger charge is 2.47. The lowest BCUT2D eigenvalue weighted by atomic mass is 9.95. The van der Waals surface area contributed by atoms with E-state index in [1.807, 2.05) is 36.2 Å². The molecule has 10 heteroatoms. The zero-order chi connectivity index (χ0) is 23.0. The van der Waals surface area contributed by atoms with Crippen LogP contribution in [0.5, 0.6) is 5.75 Å². The number of amides is 1. The second-order valence-corrected chi connectivity index (χ2v) is 7.81. The molecular formula is C22H22F4N4O2. The molecule has 2 atom stereocenters. The predicted octanol–water partition coefficient (Wildman–Crippen LogP) is 4.44. The van der Waals surface area contributed by atoms with Gasteiger partial charge in [0.1, 0.15) is 5.82 Å². The summed E-state index contributed by atoms with van der Waals surface area (Å²) >= 11 is 0. The molecule has 1 aliphatic rings. The van der Waals surface area contributed by atoms with Crippen molar-refractivity contribution < 1.29 is 27.1 Å². The Hall–Kier alpha value is -3.14. The van der Waals surface area contributed by atoms with Crippen molar-refractivity contribution in [1.82, 2.24) is 14.9 Å². The van der Waals surface area contributed by atoms with Crippen LogP contribution in [0.2, 0.25) is 0 Å². The SMILES string of the molecule is COc1cc(N(C(=O)C(F)(F)F)[C@@H]2CCN(C)[C@@H](c3nc4ccccc4[nH]3)C2)ccc1F. The lowest BCUT2D eigenvalue weighted by Gasteiger charge is -2.41. The van der Waals surface area contributed by atoms with Crippen LogP contribution in [0.3, 0.4) is 0 Å². The van der Waals surface area contributed by atoms with E-state index >= 15 is 0 Å². The molecule has 1 amide bonds. The van der Waals surface area contributed by atoms with Gasteiger partial charge in [0.05, 0.1) is 24.2 Å².